The maximum Gasteiger partial charge on any atom is 0.254 e. The van der Waals surface area contributed by atoms with Crippen molar-refractivity contribution >= 4 is 11.5 Å². The molecular weight excluding hydrogens is 288 g/mol. The SMILES string of the molecule is CON1CCC2(C=C(c3c(C)cc(C)cc3C)C(=O)N2C)CC1. The summed E-state index contributed by atoms with van der Waals surface area (Å²) in [5, 5.41) is 1.97. The quantitative estimate of drug-likeness (QED) is 0.841. The summed E-state index contributed by atoms with van der Waals surface area (Å²) in [5.74, 6) is 0.144. The minimum Gasteiger partial charge on any atom is -0.332 e. The van der Waals surface area contributed by atoms with Gasteiger partial charge in [0.05, 0.1) is 12.6 Å². The van der Waals surface area contributed by atoms with E-state index in [1.54, 1.807) is 7.11 Å². The van der Waals surface area contributed by atoms with Crippen LogP contribution >= 0.6 is 0 Å². The molecule has 0 N–H and O–H groups in total. The van der Waals surface area contributed by atoms with Crippen LogP contribution in [0.25, 0.3) is 5.57 Å². The monoisotopic (exact) mass is 314 g/mol. The Bertz CT molecular complexity index is 647. The van der Waals surface area contributed by atoms with Crippen LogP contribution in [0, 0.1) is 20.8 Å². The third kappa shape index (κ3) is 2.60. The second-order valence-corrected chi connectivity index (χ2v) is 6.91. The number of nitrogens with zero attached hydrogens (tertiary/aromatic N) is 2. The van der Waals surface area contributed by atoms with Gasteiger partial charge in [0.15, 0.2) is 0 Å². The predicted molar refractivity (Wildman–Crippen MR) is 91.9 cm³/mol. The van der Waals surface area contributed by atoms with Crippen molar-refractivity contribution in [2.24, 2.45) is 0 Å². The van der Waals surface area contributed by atoms with Gasteiger partial charge < -0.3 is 9.74 Å². The highest BCUT2D eigenvalue weighted by molar-refractivity contribution is 6.23. The number of aryl methyl sites for hydroxylation is 3. The van der Waals surface area contributed by atoms with Crippen LogP contribution in [-0.4, -0.2) is 48.7 Å². The van der Waals surface area contributed by atoms with Gasteiger partial charge in [0.2, 0.25) is 0 Å². The number of hydrogen-bond donors (Lipinski definition) is 0. The van der Waals surface area contributed by atoms with Crippen molar-refractivity contribution in [3.63, 3.8) is 0 Å². The first-order valence-corrected chi connectivity index (χ1v) is 8.26. The summed E-state index contributed by atoms with van der Waals surface area (Å²) >= 11 is 0. The van der Waals surface area contributed by atoms with Crippen molar-refractivity contribution in [1.29, 1.82) is 0 Å². The molecule has 1 amide bonds. The van der Waals surface area contributed by atoms with Gasteiger partial charge in [-0.1, -0.05) is 17.7 Å². The smallest absolute Gasteiger partial charge is 0.254 e. The van der Waals surface area contributed by atoms with E-state index < -0.39 is 0 Å². The molecule has 1 saturated heterocycles. The standard InChI is InChI=1S/C19H26N2O2/c1-13-10-14(2)17(15(3)11-13)16-12-19(20(4)18(16)22)6-8-21(23-5)9-7-19/h10-12H,6-9H2,1-5H3. The van der Waals surface area contributed by atoms with Crippen LogP contribution in [0.2, 0.25) is 0 Å². The van der Waals surface area contributed by atoms with Gasteiger partial charge in [-0.3, -0.25) is 4.79 Å². The van der Waals surface area contributed by atoms with Crippen LogP contribution in [0.4, 0.5) is 0 Å². The van der Waals surface area contributed by atoms with Gasteiger partial charge in [-0.2, -0.15) is 5.06 Å². The molecule has 124 valence electrons. The molecule has 0 atom stereocenters. The van der Waals surface area contributed by atoms with Crippen molar-refractivity contribution in [1.82, 2.24) is 9.96 Å². The first-order chi connectivity index (χ1) is 10.9. The summed E-state index contributed by atoms with van der Waals surface area (Å²) < 4.78 is 0. The van der Waals surface area contributed by atoms with Gasteiger partial charge in [-0.25, -0.2) is 0 Å². The zero-order valence-corrected chi connectivity index (χ0v) is 14.8. The highest BCUT2D eigenvalue weighted by Crippen LogP contribution is 2.41. The summed E-state index contributed by atoms with van der Waals surface area (Å²) in [6, 6.07) is 4.32. The number of benzene rings is 1. The van der Waals surface area contributed by atoms with Gasteiger partial charge in [0.1, 0.15) is 0 Å². The third-order valence-corrected chi connectivity index (χ3v) is 5.41. The summed E-state index contributed by atoms with van der Waals surface area (Å²) in [7, 11) is 3.65. The van der Waals surface area contributed by atoms with Crippen LogP contribution in [-0.2, 0) is 9.63 Å². The van der Waals surface area contributed by atoms with E-state index in [1.807, 2.05) is 17.0 Å². The highest BCUT2D eigenvalue weighted by Gasteiger charge is 2.45. The predicted octanol–water partition coefficient (Wildman–Crippen LogP) is 2.86. The fraction of sp³-hybridized carbons (Fsp3) is 0.526. The van der Waals surface area contributed by atoms with E-state index in [9.17, 15) is 4.79 Å². The number of likely N-dealkylation sites (N-methyl/N-ethyl adjacent to an activating group) is 1. The van der Waals surface area contributed by atoms with Crippen LogP contribution < -0.4 is 0 Å². The van der Waals surface area contributed by atoms with Crippen molar-refractivity contribution in [3.05, 3.63) is 40.5 Å². The first-order valence-electron chi connectivity index (χ1n) is 8.26. The molecule has 2 aliphatic rings. The second kappa shape index (κ2) is 5.77. The Hall–Kier alpha value is -1.65. The van der Waals surface area contributed by atoms with E-state index in [-0.39, 0.29) is 11.4 Å². The number of amides is 1. The Labute approximate surface area is 138 Å². The molecule has 23 heavy (non-hydrogen) atoms. The van der Waals surface area contributed by atoms with Gasteiger partial charge in [-0.15, -0.1) is 0 Å². The van der Waals surface area contributed by atoms with E-state index >= 15 is 0 Å². The van der Waals surface area contributed by atoms with E-state index in [1.165, 1.54) is 16.7 Å². The number of piperidine rings is 1. The molecule has 1 aromatic rings. The van der Waals surface area contributed by atoms with Crippen LogP contribution in [0.1, 0.15) is 35.1 Å². The Morgan fingerprint density at radius 2 is 1.65 bits per heavy atom. The normalized spacial score (nSPS) is 21.2. The zero-order valence-electron chi connectivity index (χ0n) is 14.8. The van der Waals surface area contributed by atoms with E-state index in [4.69, 9.17) is 4.84 Å². The number of hydroxylamine groups is 2. The summed E-state index contributed by atoms with van der Waals surface area (Å²) in [5.41, 5.74) is 5.42. The summed E-state index contributed by atoms with van der Waals surface area (Å²) in [6.07, 6.45) is 4.04. The molecule has 1 spiro atoms. The molecular formula is C19H26N2O2. The Morgan fingerprint density at radius 3 is 2.17 bits per heavy atom. The Morgan fingerprint density at radius 1 is 1.09 bits per heavy atom. The molecule has 0 bridgehead atoms. The molecule has 2 aliphatic heterocycles. The molecule has 0 saturated carbocycles. The number of rotatable bonds is 2. The van der Waals surface area contributed by atoms with E-state index in [0.717, 1.165) is 37.1 Å². The fourth-order valence-corrected chi connectivity index (χ4v) is 4.13. The molecule has 0 aliphatic carbocycles. The zero-order chi connectivity index (χ0) is 16.8. The lowest BCUT2D eigenvalue weighted by atomic mass is 9.86. The van der Waals surface area contributed by atoms with Crippen LogP contribution in [0.5, 0.6) is 0 Å². The average molecular weight is 314 g/mol. The molecule has 4 heteroatoms. The molecule has 0 radical (unpaired) electrons. The minimum absolute atomic E-state index is 0.144. The second-order valence-electron chi connectivity index (χ2n) is 6.91. The molecule has 3 rings (SSSR count). The first kappa shape index (κ1) is 16.2. The largest absolute Gasteiger partial charge is 0.332 e. The summed E-state index contributed by atoms with van der Waals surface area (Å²) in [6.45, 7) is 8.00. The van der Waals surface area contributed by atoms with Crippen LogP contribution in [0.15, 0.2) is 18.2 Å². The lowest BCUT2D eigenvalue weighted by molar-refractivity contribution is -0.158. The van der Waals surface area contributed by atoms with Gasteiger partial charge in [0, 0.05) is 25.7 Å². The number of carbonyl (C=O) groups is 1. The van der Waals surface area contributed by atoms with Crippen LogP contribution in [0.3, 0.4) is 0 Å². The van der Waals surface area contributed by atoms with Gasteiger partial charge in [0.25, 0.3) is 5.91 Å². The lowest BCUT2D eigenvalue weighted by Gasteiger charge is -2.41. The lowest BCUT2D eigenvalue weighted by Crippen LogP contribution is -2.51. The summed E-state index contributed by atoms with van der Waals surface area (Å²) in [4.78, 5) is 20.2. The van der Waals surface area contributed by atoms with Crippen molar-refractivity contribution in [2.45, 2.75) is 39.2 Å². The Balaban J connectivity index is 2.01. The third-order valence-electron chi connectivity index (χ3n) is 5.41. The minimum atomic E-state index is -0.161. The Kier molecular flexibility index (Phi) is 4.07. The van der Waals surface area contributed by atoms with Crippen molar-refractivity contribution < 1.29 is 9.63 Å². The highest BCUT2D eigenvalue weighted by atomic mass is 16.7. The van der Waals surface area contributed by atoms with Crippen molar-refractivity contribution in [3.8, 4) is 0 Å². The van der Waals surface area contributed by atoms with Crippen molar-refractivity contribution in [2.75, 3.05) is 27.2 Å². The molecule has 1 aromatic carbocycles. The van der Waals surface area contributed by atoms with Gasteiger partial charge in [-0.05, 0) is 56.4 Å². The van der Waals surface area contributed by atoms with E-state index in [0.29, 0.717) is 0 Å². The molecule has 1 fully saturated rings. The van der Waals surface area contributed by atoms with Gasteiger partial charge >= 0.3 is 0 Å². The maximum atomic E-state index is 12.9. The number of hydrogen-bond acceptors (Lipinski definition) is 3. The number of carbonyl (C=O) groups excluding carboxylic acids is 1. The fourth-order valence-electron chi connectivity index (χ4n) is 4.13. The molecule has 0 aromatic heterocycles. The topological polar surface area (TPSA) is 32.8 Å². The molecule has 4 nitrogen and oxygen atoms in total. The molecule has 0 unspecified atom stereocenters. The average Bonchev–Trinajstić information content (AvgIpc) is 2.73. The maximum absolute atomic E-state index is 12.9. The molecule has 2 heterocycles. The van der Waals surface area contributed by atoms with E-state index in [2.05, 4.69) is 39.0 Å².